The molecule has 26 heavy (non-hydrogen) atoms. The Hall–Kier alpha value is -1.87. The van der Waals surface area contributed by atoms with Gasteiger partial charge in [-0.05, 0) is 25.0 Å². The molecule has 1 saturated heterocycles. The van der Waals surface area contributed by atoms with Crippen LogP contribution in [-0.4, -0.2) is 37.9 Å². The highest BCUT2D eigenvalue weighted by Crippen LogP contribution is 2.33. The summed E-state index contributed by atoms with van der Waals surface area (Å²) in [5.74, 6) is 3.28. The number of nitrogens with one attached hydrogen (secondary N) is 1. The monoisotopic (exact) mass is 411 g/mol. The number of nitrogens with zero attached hydrogens (tertiary/aromatic N) is 2. The molecule has 0 saturated carbocycles. The van der Waals surface area contributed by atoms with E-state index in [2.05, 4.69) is 15.9 Å². The molecule has 1 aromatic carbocycles. The Labute approximate surface area is 166 Å². The number of aromatic nitrogens is 2. The second-order valence-corrected chi connectivity index (χ2v) is 8.43. The standard InChI is InChI=1S/C18H16Cl3N3O2/c1-2-12-5-7-13(8-6-12)14-10-22-16(23-14)15-4-3-9-24(15)17(25)26-11-18(19,20)21/h1,5-8,10,15H,3-4,9,11H2,(H,22,23). The maximum atomic E-state index is 12.3. The summed E-state index contributed by atoms with van der Waals surface area (Å²) in [6, 6.07) is 7.35. The molecule has 1 fully saturated rings. The third-order valence-electron chi connectivity index (χ3n) is 4.11. The van der Waals surface area contributed by atoms with Gasteiger partial charge in [-0.2, -0.15) is 0 Å². The van der Waals surface area contributed by atoms with Crippen LogP contribution in [0.3, 0.4) is 0 Å². The Balaban J connectivity index is 1.73. The van der Waals surface area contributed by atoms with Crippen LogP contribution in [0.15, 0.2) is 30.5 Å². The minimum Gasteiger partial charge on any atom is -0.445 e. The van der Waals surface area contributed by atoms with E-state index in [1.54, 1.807) is 4.90 Å². The fourth-order valence-electron chi connectivity index (χ4n) is 2.89. The van der Waals surface area contributed by atoms with Crippen LogP contribution in [-0.2, 0) is 4.74 Å². The predicted octanol–water partition coefficient (Wildman–Crippen LogP) is 4.70. The normalized spacial score (nSPS) is 17.2. The number of terminal acetylenes is 1. The van der Waals surface area contributed by atoms with E-state index >= 15 is 0 Å². The summed E-state index contributed by atoms with van der Waals surface area (Å²) in [7, 11) is 0. The molecule has 5 nitrogen and oxygen atoms in total. The summed E-state index contributed by atoms with van der Waals surface area (Å²) < 4.78 is 3.46. The fourth-order valence-corrected chi connectivity index (χ4v) is 3.05. The van der Waals surface area contributed by atoms with Gasteiger partial charge < -0.3 is 9.72 Å². The first-order valence-electron chi connectivity index (χ1n) is 8.00. The number of amides is 1. The lowest BCUT2D eigenvalue weighted by atomic mass is 10.1. The van der Waals surface area contributed by atoms with Crippen LogP contribution < -0.4 is 0 Å². The number of halogens is 3. The van der Waals surface area contributed by atoms with Crippen molar-refractivity contribution < 1.29 is 9.53 Å². The topological polar surface area (TPSA) is 58.2 Å². The van der Waals surface area contributed by atoms with Crippen LogP contribution in [0.25, 0.3) is 11.3 Å². The Morgan fingerprint density at radius 2 is 2.12 bits per heavy atom. The van der Waals surface area contributed by atoms with E-state index in [1.165, 1.54) is 0 Å². The third kappa shape index (κ3) is 4.45. The number of aromatic amines is 1. The minimum atomic E-state index is -1.63. The van der Waals surface area contributed by atoms with Gasteiger partial charge in [-0.25, -0.2) is 9.78 Å². The van der Waals surface area contributed by atoms with Gasteiger partial charge in [0.2, 0.25) is 3.79 Å². The number of benzene rings is 1. The molecule has 0 spiro atoms. The molecule has 1 atom stereocenters. The van der Waals surface area contributed by atoms with Gasteiger partial charge >= 0.3 is 6.09 Å². The van der Waals surface area contributed by atoms with Crippen LogP contribution in [0.4, 0.5) is 4.79 Å². The highest BCUT2D eigenvalue weighted by atomic mass is 35.6. The number of ether oxygens (including phenoxy) is 1. The van der Waals surface area contributed by atoms with E-state index < -0.39 is 9.89 Å². The average Bonchev–Trinajstić information content (AvgIpc) is 3.28. The molecular formula is C18H16Cl3N3O2. The van der Waals surface area contributed by atoms with Crippen LogP contribution in [0.5, 0.6) is 0 Å². The van der Waals surface area contributed by atoms with E-state index in [9.17, 15) is 4.79 Å². The van der Waals surface area contributed by atoms with E-state index in [0.717, 1.165) is 29.7 Å². The third-order valence-corrected chi connectivity index (χ3v) is 4.43. The second kappa shape index (κ2) is 7.79. The molecule has 136 valence electrons. The fraction of sp³-hybridized carbons (Fsp3) is 0.333. The Kier molecular flexibility index (Phi) is 5.67. The Bertz CT molecular complexity index is 821. The van der Waals surface area contributed by atoms with Gasteiger partial charge in [-0.3, -0.25) is 4.90 Å². The first-order chi connectivity index (χ1) is 12.4. The van der Waals surface area contributed by atoms with Crippen LogP contribution in [0, 0.1) is 12.3 Å². The average molecular weight is 413 g/mol. The lowest BCUT2D eigenvalue weighted by Crippen LogP contribution is -2.33. The van der Waals surface area contributed by atoms with Gasteiger partial charge in [-0.15, -0.1) is 6.42 Å². The second-order valence-electron chi connectivity index (χ2n) is 5.91. The molecule has 1 N–H and O–H groups in total. The zero-order valence-electron chi connectivity index (χ0n) is 13.7. The molecule has 0 bridgehead atoms. The number of H-pyrrole nitrogens is 1. The molecule has 8 heteroatoms. The summed E-state index contributed by atoms with van der Waals surface area (Å²) in [5.41, 5.74) is 2.53. The van der Waals surface area contributed by atoms with Crippen LogP contribution in [0.2, 0.25) is 0 Å². The first-order valence-corrected chi connectivity index (χ1v) is 9.13. The van der Waals surface area contributed by atoms with Gasteiger partial charge in [0.05, 0.1) is 11.7 Å². The minimum absolute atomic E-state index is 0.198. The SMILES string of the molecule is C#Cc1ccc(-c2c[nH]c(C3CCCN3C(=O)OCC(Cl)(Cl)Cl)n2)cc1. The molecule has 2 heterocycles. The molecule has 3 rings (SSSR count). The summed E-state index contributed by atoms with van der Waals surface area (Å²) in [5, 5.41) is 0. The Morgan fingerprint density at radius 1 is 1.38 bits per heavy atom. The predicted molar refractivity (Wildman–Crippen MR) is 102 cm³/mol. The van der Waals surface area contributed by atoms with Gasteiger partial charge in [-0.1, -0.05) is 52.9 Å². The zero-order valence-corrected chi connectivity index (χ0v) is 16.0. The van der Waals surface area contributed by atoms with Gasteiger partial charge in [0.1, 0.15) is 12.4 Å². The quantitative estimate of drug-likeness (QED) is 0.587. The van der Waals surface area contributed by atoms with Crippen molar-refractivity contribution in [2.24, 2.45) is 0 Å². The molecule has 0 aliphatic carbocycles. The van der Waals surface area contributed by atoms with E-state index in [1.807, 2.05) is 30.5 Å². The van der Waals surface area contributed by atoms with Crippen molar-refractivity contribution in [3.8, 4) is 23.6 Å². The molecular weight excluding hydrogens is 397 g/mol. The number of alkyl halides is 3. The van der Waals surface area contributed by atoms with Crippen LogP contribution >= 0.6 is 34.8 Å². The van der Waals surface area contributed by atoms with Gasteiger partial charge in [0, 0.05) is 23.9 Å². The number of hydrogen-bond donors (Lipinski definition) is 1. The Morgan fingerprint density at radius 3 is 2.77 bits per heavy atom. The highest BCUT2D eigenvalue weighted by molar-refractivity contribution is 6.67. The lowest BCUT2D eigenvalue weighted by Gasteiger charge is -2.23. The maximum absolute atomic E-state index is 12.3. The number of imidazole rings is 1. The molecule has 1 aliphatic rings. The maximum Gasteiger partial charge on any atom is 0.410 e. The number of carbonyl (C=O) groups is 1. The molecule has 2 aromatic rings. The number of likely N-dealkylation sites (tertiary alicyclic amines) is 1. The number of hydrogen-bond acceptors (Lipinski definition) is 3. The molecule has 1 amide bonds. The molecule has 1 unspecified atom stereocenters. The van der Waals surface area contributed by atoms with Crippen molar-refractivity contribution in [2.45, 2.75) is 22.7 Å². The molecule has 1 aromatic heterocycles. The lowest BCUT2D eigenvalue weighted by molar-refractivity contribution is 0.0985. The molecule has 1 aliphatic heterocycles. The summed E-state index contributed by atoms with van der Waals surface area (Å²) >= 11 is 16.9. The zero-order chi connectivity index (χ0) is 18.7. The van der Waals surface area contributed by atoms with E-state index in [4.69, 9.17) is 46.0 Å². The van der Waals surface area contributed by atoms with Crippen molar-refractivity contribution in [3.63, 3.8) is 0 Å². The summed E-state index contributed by atoms with van der Waals surface area (Å²) in [6.07, 6.45) is 8.30. The molecule has 0 radical (unpaired) electrons. The van der Waals surface area contributed by atoms with E-state index in [0.29, 0.717) is 12.4 Å². The number of carbonyl (C=O) groups excluding carboxylic acids is 1. The van der Waals surface area contributed by atoms with E-state index in [-0.39, 0.29) is 12.6 Å². The number of rotatable bonds is 3. The summed E-state index contributed by atoms with van der Waals surface area (Å²) in [6.45, 7) is 0.265. The first kappa shape index (κ1) is 18.9. The highest BCUT2D eigenvalue weighted by Gasteiger charge is 2.34. The smallest absolute Gasteiger partial charge is 0.410 e. The van der Waals surface area contributed by atoms with Crippen molar-refractivity contribution in [3.05, 3.63) is 41.9 Å². The van der Waals surface area contributed by atoms with Crippen molar-refractivity contribution in [1.29, 1.82) is 0 Å². The van der Waals surface area contributed by atoms with Crippen molar-refractivity contribution in [2.75, 3.05) is 13.2 Å². The van der Waals surface area contributed by atoms with Crippen molar-refractivity contribution in [1.82, 2.24) is 14.9 Å². The van der Waals surface area contributed by atoms with Crippen LogP contribution in [0.1, 0.15) is 30.3 Å². The summed E-state index contributed by atoms with van der Waals surface area (Å²) in [4.78, 5) is 21.7. The van der Waals surface area contributed by atoms with Crippen molar-refractivity contribution >= 4 is 40.9 Å². The van der Waals surface area contributed by atoms with Gasteiger partial charge in [0.15, 0.2) is 0 Å². The largest absolute Gasteiger partial charge is 0.445 e. The van der Waals surface area contributed by atoms with Gasteiger partial charge in [0.25, 0.3) is 0 Å².